The maximum absolute atomic E-state index is 13.1. The van der Waals surface area contributed by atoms with E-state index >= 15 is 0 Å². The fraction of sp³-hybridized carbons (Fsp3) is 0.182. The molecule has 0 aliphatic heterocycles. The first-order valence-corrected chi connectivity index (χ1v) is 5.32. The molecule has 0 aliphatic rings. The molecular formula is C11H10F2N4O2. The van der Waals surface area contributed by atoms with Crippen molar-refractivity contribution in [2.24, 2.45) is 5.73 Å². The van der Waals surface area contributed by atoms with Crippen molar-refractivity contribution in [2.45, 2.75) is 12.5 Å². The lowest BCUT2D eigenvalue weighted by atomic mass is 10.2. The number of hydrogen-bond donors (Lipinski definition) is 2. The Balaban J connectivity index is 2.20. The van der Waals surface area contributed by atoms with Gasteiger partial charge in [0.15, 0.2) is 11.6 Å². The van der Waals surface area contributed by atoms with Crippen molar-refractivity contribution in [3.63, 3.8) is 0 Å². The van der Waals surface area contributed by atoms with Crippen LogP contribution in [0.3, 0.4) is 0 Å². The number of halogens is 2. The van der Waals surface area contributed by atoms with Crippen molar-refractivity contribution in [1.29, 1.82) is 0 Å². The zero-order valence-corrected chi connectivity index (χ0v) is 9.62. The molecule has 0 fully saturated rings. The quantitative estimate of drug-likeness (QED) is 0.842. The van der Waals surface area contributed by atoms with E-state index in [0.717, 1.165) is 12.1 Å². The minimum atomic E-state index is -1.15. The van der Waals surface area contributed by atoms with Crippen LogP contribution in [0.5, 0.6) is 0 Å². The van der Waals surface area contributed by atoms with Crippen molar-refractivity contribution in [3.05, 3.63) is 41.7 Å². The molecule has 0 saturated heterocycles. The van der Waals surface area contributed by atoms with Gasteiger partial charge in [-0.05, 0) is 12.1 Å². The summed E-state index contributed by atoms with van der Waals surface area (Å²) in [6, 6.07) is 2.17. The number of hydrogen-bond acceptors (Lipinski definition) is 4. The van der Waals surface area contributed by atoms with Gasteiger partial charge in [-0.15, -0.1) is 5.10 Å². The fourth-order valence-corrected chi connectivity index (χ4v) is 1.46. The van der Waals surface area contributed by atoms with Gasteiger partial charge in [0.2, 0.25) is 0 Å². The lowest BCUT2D eigenvalue weighted by molar-refractivity contribution is -0.138. The highest BCUT2D eigenvalue weighted by atomic mass is 19.2. The molecule has 1 atom stereocenters. The van der Waals surface area contributed by atoms with Crippen LogP contribution in [0, 0.1) is 11.6 Å². The molecule has 1 unspecified atom stereocenters. The van der Waals surface area contributed by atoms with Crippen LogP contribution in [0.15, 0.2) is 24.4 Å². The maximum atomic E-state index is 13.1. The summed E-state index contributed by atoms with van der Waals surface area (Å²) in [6.07, 6.45) is 1.41. The van der Waals surface area contributed by atoms with Gasteiger partial charge in [0.1, 0.15) is 6.04 Å². The van der Waals surface area contributed by atoms with Gasteiger partial charge in [0, 0.05) is 12.5 Å². The SMILES string of the molecule is NC(Cc1cn(-c2ccc(F)c(F)c2)nn1)C(=O)O. The summed E-state index contributed by atoms with van der Waals surface area (Å²) in [6.45, 7) is 0. The molecule has 2 aromatic rings. The molecule has 0 amide bonds. The number of nitrogens with two attached hydrogens (primary N) is 1. The van der Waals surface area contributed by atoms with Crippen molar-refractivity contribution in [1.82, 2.24) is 15.0 Å². The molecule has 0 spiro atoms. The summed E-state index contributed by atoms with van der Waals surface area (Å²) in [7, 11) is 0. The van der Waals surface area contributed by atoms with E-state index in [9.17, 15) is 13.6 Å². The minimum absolute atomic E-state index is 0.000982. The molecule has 0 radical (unpaired) electrons. The largest absolute Gasteiger partial charge is 0.480 e. The van der Waals surface area contributed by atoms with Crippen LogP contribution in [-0.2, 0) is 11.2 Å². The van der Waals surface area contributed by atoms with Gasteiger partial charge in [-0.1, -0.05) is 5.21 Å². The minimum Gasteiger partial charge on any atom is -0.480 e. The van der Waals surface area contributed by atoms with Crippen LogP contribution in [-0.4, -0.2) is 32.1 Å². The van der Waals surface area contributed by atoms with E-state index < -0.39 is 23.6 Å². The second kappa shape index (κ2) is 5.11. The summed E-state index contributed by atoms with van der Waals surface area (Å²) in [5.74, 6) is -3.11. The molecular weight excluding hydrogens is 258 g/mol. The number of carboxylic acid groups (broad SMARTS) is 1. The van der Waals surface area contributed by atoms with Crippen molar-refractivity contribution >= 4 is 5.97 Å². The third-order valence-corrected chi connectivity index (χ3v) is 2.45. The monoisotopic (exact) mass is 268 g/mol. The van der Waals surface area contributed by atoms with Crippen LogP contribution in [0.4, 0.5) is 8.78 Å². The van der Waals surface area contributed by atoms with E-state index in [0.29, 0.717) is 5.69 Å². The highest BCUT2D eigenvalue weighted by molar-refractivity contribution is 5.73. The van der Waals surface area contributed by atoms with Crippen molar-refractivity contribution < 1.29 is 18.7 Å². The Hall–Kier alpha value is -2.35. The molecule has 19 heavy (non-hydrogen) atoms. The summed E-state index contributed by atoms with van der Waals surface area (Å²) in [4.78, 5) is 10.6. The molecule has 0 saturated carbocycles. The van der Waals surface area contributed by atoms with Gasteiger partial charge in [-0.25, -0.2) is 13.5 Å². The number of aliphatic carboxylic acids is 1. The van der Waals surface area contributed by atoms with Crippen molar-refractivity contribution in [2.75, 3.05) is 0 Å². The van der Waals surface area contributed by atoms with Crippen LogP contribution in [0.1, 0.15) is 5.69 Å². The smallest absolute Gasteiger partial charge is 0.320 e. The van der Waals surface area contributed by atoms with Crippen LogP contribution in [0.25, 0.3) is 5.69 Å². The standard InChI is InChI=1S/C11H10F2N4O2/c12-8-2-1-7(4-9(8)13)17-5-6(15-16-17)3-10(14)11(18)19/h1-2,4-5,10H,3,14H2,(H,18,19). The molecule has 1 heterocycles. The first-order valence-electron chi connectivity index (χ1n) is 5.32. The Morgan fingerprint density at radius 2 is 2.16 bits per heavy atom. The molecule has 0 bridgehead atoms. The Kier molecular flexibility index (Phi) is 3.52. The summed E-state index contributed by atoms with van der Waals surface area (Å²) in [5, 5.41) is 16.1. The van der Waals surface area contributed by atoms with Gasteiger partial charge >= 0.3 is 5.97 Å². The molecule has 1 aromatic heterocycles. The average molecular weight is 268 g/mol. The van der Waals surface area contributed by atoms with Gasteiger partial charge in [-0.3, -0.25) is 4.79 Å². The molecule has 100 valence electrons. The first kappa shape index (κ1) is 13.1. The van der Waals surface area contributed by atoms with Crippen LogP contribution >= 0.6 is 0 Å². The summed E-state index contributed by atoms with van der Waals surface area (Å²) >= 11 is 0. The number of nitrogens with zero attached hydrogens (tertiary/aromatic N) is 3. The van der Waals surface area contributed by atoms with Gasteiger partial charge in [0.05, 0.1) is 17.6 Å². The van der Waals surface area contributed by atoms with Gasteiger partial charge in [-0.2, -0.15) is 0 Å². The van der Waals surface area contributed by atoms with E-state index in [1.165, 1.54) is 16.9 Å². The Morgan fingerprint density at radius 1 is 1.42 bits per heavy atom. The Bertz CT molecular complexity index is 614. The van der Waals surface area contributed by atoms with E-state index in [1.54, 1.807) is 0 Å². The maximum Gasteiger partial charge on any atom is 0.320 e. The zero-order chi connectivity index (χ0) is 14.0. The molecule has 2 rings (SSSR count). The lowest BCUT2D eigenvalue weighted by Crippen LogP contribution is -2.32. The van der Waals surface area contributed by atoms with Crippen LogP contribution < -0.4 is 5.73 Å². The Morgan fingerprint density at radius 3 is 2.79 bits per heavy atom. The zero-order valence-electron chi connectivity index (χ0n) is 9.62. The molecule has 6 nitrogen and oxygen atoms in total. The second-order valence-electron chi connectivity index (χ2n) is 3.90. The topological polar surface area (TPSA) is 94.0 Å². The van der Waals surface area contributed by atoms with E-state index in [2.05, 4.69) is 10.3 Å². The van der Waals surface area contributed by atoms with Gasteiger partial charge in [0.25, 0.3) is 0 Å². The summed E-state index contributed by atoms with van der Waals surface area (Å²) < 4.78 is 27.0. The number of benzene rings is 1. The predicted molar refractivity (Wildman–Crippen MR) is 60.6 cm³/mol. The van der Waals surface area contributed by atoms with E-state index in [-0.39, 0.29) is 12.1 Å². The first-order chi connectivity index (χ1) is 8.97. The third kappa shape index (κ3) is 2.91. The molecule has 3 N–H and O–H groups in total. The second-order valence-corrected chi connectivity index (χ2v) is 3.90. The fourth-order valence-electron chi connectivity index (χ4n) is 1.46. The third-order valence-electron chi connectivity index (χ3n) is 2.45. The normalized spacial score (nSPS) is 12.4. The predicted octanol–water partition coefficient (Wildman–Crippen LogP) is 0.500. The molecule has 1 aromatic carbocycles. The Labute approximate surface area is 106 Å². The molecule has 8 heteroatoms. The van der Waals surface area contributed by atoms with E-state index in [4.69, 9.17) is 10.8 Å². The average Bonchev–Trinajstić information content (AvgIpc) is 2.81. The highest BCUT2D eigenvalue weighted by Gasteiger charge is 2.15. The number of rotatable bonds is 4. The highest BCUT2D eigenvalue weighted by Crippen LogP contribution is 2.12. The van der Waals surface area contributed by atoms with Gasteiger partial charge < -0.3 is 10.8 Å². The van der Waals surface area contributed by atoms with Crippen LogP contribution in [0.2, 0.25) is 0 Å². The number of aromatic nitrogens is 3. The summed E-state index contributed by atoms with van der Waals surface area (Å²) in [5.41, 5.74) is 5.98. The lowest BCUT2D eigenvalue weighted by Gasteiger charge is -2.02. The number of carbonyl (C=O) groups is 1. The van der Waals surface area contributed by atoms with E-state index in [1.807, 2.05) is 0 Å². The van der Waals surface area contributed by atoms with Crippen molar-refractivity contribution in [3.8, 4) is 5.69 Å². The molecule has 0 aliphatic carbocycles. The number of carboxylic acids is 1.